The number of aromatic nitrogens is 3. The van der Waals surface area contributed by atoms with Crippen LogP contribution < -0.4 is 4.74 Å². The van der Waals surface area contributed by atoms with Crippen LogP contribution in [0.1, 0.15) is 23.0 Å². The van der Waals surface area contributed by atoms with Crippen molar-refractivity contribution in [2.24, 2.45) is 0 Å². The van der Waals surface area contributed by atoms with Crippen molar-refractivity contribution in [3.63, 3.8) is 0 Å². The zero-order chi connectivity index (χ0) is 16.1. The minimum absolute atomic E-state index is 0.0660. The van der Waals surface area contributed by atoms with Crippen LogP contribution in [0.15, 0.2) is 18.2 Å². The van der Waals surface area contributed by atoms with E-state index in [0.29, 0.717) is 10.0 Å². The maximum absolute atomic E-state index is 11.9. The number of esters is 1. The molecule has 0 N–H and O–H groups in total. The zero-order valence-electron chi connectivity index (χ0n) is 12.0. The Hall–Kier alpha value is -1.36. The van der Waals surface area contributed by atoms with E-state index in [1.165, 1.54) is 4.45 Å². The standard InChI is InChI=1S/C13H14Cl2N3O3P/c1-3-20-13(19)11-12(18(22-2)17-16-11)21-7-8-4-5-9(14)10(15)6-8/h4-6,22H,3,7H2,1-2H3. The highest BCUT2D eigenvalue weighted by molar-refractivity contribution is 7.35. The van der Waals surface area contributed by atoms with Crippen molar-refractivity contribution in [1.29, 1.82) is 0 Å². The molecule has 0 saturated heterocycles. The number of carbonyl (C=O) groups is 1. The Morgan fingerprint density at radius 2 is 2.14 bits per heavy atom. The van der Waals surface area contributed by atoms with Crippen LogP contribution in [0.25, 0.3) is 0 Å². The van der Waals surface area contributed by atoms with Gasteiger partial charge in [-0.2, -0.15) is 4.45 Å². The fraction of sp³-hybridized carbons (Fsp3) is 0.308. The van der Waals surface area contributed by atoms with E-state index < -0.39 is 5.97 Å². The van der Waals surface area contributed by atoms with Crippen LogP contribution in [0, 0.1) is 0 Å². The fourth-order valence-electron chi connectivity index (χ4n) is 1.66. The monoisotopic (exact) mass is 361 g/mol. The predicted molar refractivity (Wildman–Crippen MR) is 86.4 cm³/mol. The SMILES string of the molecule is CCOC(=O)c1nnn(PC)c1OCc1ccc(Cl)c(Cl)c1. The molecule has 6 nitrogen and oxygen atoms in total. The Morgan fingerprint density at radius 1 is 1.36 bits per heavy atom. The van der Waals surface area contributed by atoms with Crippen molar-refractivity contribution in [1.82, 2.24) is 14.8 Å². The van der Waals surface area contributed by atoms with Gasteiger partial charge in [-0.1, -0.05) is 34.5 Å². The van der Waals surface area contributed by atoms with Gasteiger partial charge in [0, 0.05) is 8.73 Å². The average Bonchev–Trinajstić information content (AvgIpc) is 2.91. The fourth-order valence-corrected chi connectivity index (χ4v) is 2.49. The van der Waals surface area contributed by atoms with E-state index in [4.69, 9.17) is 32.7 Å². The summed E-state index contributed by atoms with van der Waals surface area (Å²) in [5.74, 6) is -0.276. The van der Waals surface area contributed by atoms with E-state index in [1.54, 1.807) is 25.1 Å². The molecular formula is C13H14Cl2N3O3P. The molecule has 0 fully saturated rings. The highest BCUT2D eigenvalue weighted by Gasteiger charge is 2.22. The summed E-state index contributed by atoms with van der Waals surface area (Å²) in [6.07, 6.45) is 0. The van der Waals surface area contributed by atoms with E-state index in [1.807, 2.05) is 6.66 Å². The molecule has 0 radical (unpaired) electrons. The molecule has 2 aromatic rings. The zero-order valence-corrected chi connectivity index (χ0v) is 14.5. The lowest BCUT2D eigenvalue weighted by Crippen LogP contribution is -2.09. The molecule has 0 saturated carbocycles. The van der Waals surface area contributed by atoms with Crippen LogP contribution >= 0.6 is 31.9 Å². The Kier molecular flexibility index (Phi) is 6.00. The van der Waals surface area contributed by atoms with Gasteiger partial charge in [-0.05, 0) is 31.3 Å². The summed E-state index contributed by atoms with van der Waals surface area (Å²) >= 11 is 11.8. The second kappa shape index (κ2) is 7.77. The number of hydrogen-bond donors (Lipinski definition) is 0. The Morgan fingerprint density at radius 3 is 2.77 bits per heavy atom. The van der Waals surface area contributed by atoms with E-state index in [9.17, 15) is 4.79 Å². The third-order valence-electron chi connectivity index (χ3n) is 2.67. The number of benzene rings is 1. The number of hydrogen-bond acceptors (Lipinski definition) is 5. The lowest BCUT2D eigenvalue weighted by Gasteiger charge is -2.09. The van der Waals surface area contributed by atoms with Crippen molar-refractivity contribution in [2.75, 3.05) is 13.3 Å². The third kappa shape index (κ3) is 3.88. The van der Waals surface area contributed by atoms with E-state index in [2.05, 4.69) is 10.3 Å². The molecule has 1 unspecified atom stereocenters. The van der Waals surface area contributed by atoms with Gasteiger partial charge in [-0.15, -0.1) is 5.10 Å². The number of halogens is 2. The van der Waals surface area contributed by atoms with E-state index in [-0.39, 0.29) is 33.5 Å². The molecule has 1 aromatic carbocycles. The lowest BCUT2D eigenvalue weighted by molar-refractivity contribution is 0.0514. The first-order valence-electron chi connectivity index (χ1n) is 6.44. The molecule has 118 valence electrons. The molecule has 0 aliphatic carbocycles. The van der Waals surface area contributed by atoms with Crippen LogP contribution in [-0.2, 0) is 11.3 Å². The molecule has 1 aromatic heterocycles. The Balaban J connectivity index is 2.18. The summed E-state index contributed by atoms with van der Waals surface area (Å²) in [6, 6.07) is 5.18. The van der Waals surface area contributed by atoms with Crippen molar-refractivity contribution in [3.8, 4) is 5.88 Å². The first-order chi connectivity index (χ1) is 10.6. The van der Waals surface area contributed by atoms with Crippen LogP contribution in [0.2, 0.25) is 10.0 Å². The number of carbonyl (C=O) groups excluding carboxylic acids is 1. The van der Waals surface area contributed by atoms with E-state index in [0.717, 1.165) is 5.56 Å². The molecular weight excluding hydrogens is 348 g/mol. The van der Waals surface area contributed by atoms with E-state index >= 15 is 0 Å². The Bertz CT molecular complexity index is 679. The Labute approximate surface area is 139 Å². The highest BCUT2D eigenvalue weighted by Crippen LogP contribution is 2.26. The molecule has 1 heterocycles. The summed E-state index contributed by atoms with van der Waals surface area (Å²) in [6.45, 7) is 4.09. The molecule has 22 heavy (non-hydrogen) atoms. The smallest absolute Gasteiger partial charge is 0.364 e. The molecule has 0 bridgehead atoms. The van der Waals surface area contributed by atoms with Crippen LogP contribution in [-0.4, -0.2) is 34.0 Å². The van der Waals surface area contributed by atoms with Gasteiger partial charge in [0.25, 0.3) is 5.88 Å². The highest BCUT2D eigenvalue weighted by atomic mass is 35.5. The second-order valence-corrected chi connectivity index (χ2v) is 5.82. The number of nitrogens with zero attached hydrogens (tertiary/aromatic N) is 3. The first-order valence-corrected chi connectivity index (χ1v) is 8.64. The van der Waals surface area contributed by atoms with Gasteiger partial charge in [0.05, 0.1) is 16.7 Å². The van der Waals surface area contributed by atoms with Gasteiger partial charge >= 0.3 is 5.97 Å². The third-order valence-corrected chi connectivity index (χ3v) is 4.12. The van der Waals surface area contributed by atoms with Crippen molar-refractivity contribution < 1.29 is 14.3 Å². The summed E-state index contributed by atoms with van der Waals surface area (Å²) in [5, 5.41) is 8.62. The summed E-state index contributed by atoms with van der Waals surface area (Å²) < 4.78 is 12.2. The van der Waals surface area contributed by atoms with Crippen LogP contribution in [0.4, 0.5) is 0 Å². The molecule has 9 heteroatoms. The normalized spacial score (nSPS) is 11.1. The van der Waals surface area contributed by atoms with Gasteiger partial charge in [-0.25, -0.2) is 4.79 Å². The quantitative estimate of drug-likeness (QED) is 0.582. The summed E-state index contributed by atoms with van der Waals surface area (Å²) in [5.41, 5.74) is 0.882. The van der Waals surface area contributed by atoms with Crippen LogP contribution in [0.3, 0.4) is 0 Å². The first kappa shape index (κ1) is 17.0. The number of ether oxygens (including phenoxy) is 2. The maximum atomic E-state index is 11.9. The van der Waals surface area contributed by atoms with Crippen molar-refractivity contribution in [2.45, 2.75) is 13.5 Å². The summed E-state index contributed by atoms with van der Waals surface area (Å²) in [7, 11) is 0.271. The molecule has 0 spiro atoms. The largest absolute Gasteiger partial charge is 0.471 e. The average molecular weight is 362 g/mol. The molecule has 2 rings (SSSR count). The topological polar surface area (TPSA) is 66.2 Å². The summed E-state index contributed by atoms with van der Waals surface area (Å²) in [4.78, 5) is 11.9. The van der Waals surface area contributed by atoms with Gasteiger partial charge in [0.2, 0.25) is 5.69 Å². The second-order valence-electron chi connectivity index (χ2n) is 4.14. The molecule has 0 aliphatic rings. The lowest BCUT2D eigenvalue weighted by atomic mass is 10.2. The maximum Gasteiger partial charge on any atom is 0.364 e. The number of rotatable bonds is 6. The minimum atomic E-state index is -0.559. The van der Waals surface area contributed by atoms with Gasteiger partial charge < -0.3 is 9.47 Å². The molecule has 0 aliphatic heterocycles. The van der Waals surface area contributed by atoms with Gasteiger partial charge in [-0.3, -0.25) is 0 Å². The molecule has 0 amide bonds. The predicted octanol–water partition coefficient (Wildman–Crippen LogP) is 3.41. The minimum Gasteiger partial charge on any atom is -0.471 e. The van der Waals surface area contributed by atoms with Gasteiger partial charge in [0.15, 0.2) is 0 Å². The van der Waals surface area contributed by atoms with Gasteiger partial charge in [0.1, 0.15) is 6.61 Å². The van der Waals surface area contributed by atoms with Crippen LogP contribution in [0.5, 0.6) is 5.88 Å². The molecule has 1 atom stereocenters. The van der Waals surface area contributed by atoms with Crippen molar-refractivity contribution >= 4 is 37.9 Å². The van der Waals surface area contributed by atoms with Crippen molar-refractivity contribution in [3.05, 3.63) is 39.5 Å².